The molecule has 14 rings (SSSR count). The number of rotatable bonds is 5. The van der Waals surface area contributed by atoms with E-state index in [-0.39, 0.29) is 0 Å². The molecule has 0 unspecified atom stereocenters. The quantitative estimate of drug-likeness (QED) is 0.173. The Labute approximate surface area is 368 Å². The van der Waals surface area contributed by atoms with E-state index >= 15 is 0 Å². The van der Waals surface area contributed by atoms with Gasteiger partial charge in [-0.3, -0.25) is 0 Å². The Morgan fingerprint density at radius 3 is 1.72 bits per heavy atom. The Morgan fingerprint density at radius 1 is 0.375 bits per heavy atom. The molecular formula is C57H32N4O2S. The van der Waals surface area contributed by atoms with Crippen molar-refractivity contribution in [1.82, 2.24) is 19.5 Å². The first-order chi connectivity index (χ1) is 31.7. The highest BCUT2D eigenvalue weighted by atomic mass is 32.1. The van der Waals surface area contributed by atoms with Crippen LogP contribution in [0.3, 0.4) is 0 Å². The number of nitrogens with zero attached hydrogens (tertiary/aromatic N) is 4. The average molecular weight is 837 g/mol. The van der Waals surface area contributed by atoms with Crippen LogP contribution in [-0.4, -0.2) is 19.5 Å². The summed E-state index contributed by atoms with van der Waals surface area (Å²) in [5.41, 5.74) is 11.6. The van der Waals surface area contributed by atoms with E-state index in [9.17, 15) is 0 Å². The minimum Gasteiger partial charge on any atom is -0.456 e. The van der Waals surface area contributed by atoms with Crippen molar-refractivity contribution in [3.63, 3.8) is 0 Å². The van der Waals surface area contributed by atoms with Crippen molar-refractivity contribution >= 4 is 97.2 Å². The number of thiophene rings is 1. The van der Waals surface area contributed by atoms with E-state index < -0.39 is 0 Å². The third kappa shape index (κ3) is 5.16. The van der Waals surface area contributed by atoms with Crippen LogP contribution in [0.15, 0.2) is 203 Å². The lowest BCUT2D eigenvalue weighted by atomic mass is 9.95. The third-order valence-corrected chi connectivity index (χ3v) is 13.9. The van der Waals surface area contributed by atoms with E-state index in [0.717, 1.165) is 104 Å². The first-order valence-electron chi connectivity index (χ1n) is 21.3. The maximum atomic E-state index is 6.77. The van der Waals surface area contributed by atoms with Crippen molar-refractivity contribution in [3.8, 4) is 51.0 Å². The van der Waals surface area contributed by atoms with Gasteiger partial charge >= 0.3 is 0 Å². The molecule has 0 aliphatic heterocycles. The molecule has 0 amide bonds. The number of furan rings is 2. The highest BCUT2D eigenvalue weighted by molar-refractivity contribution is 7.26. The van der Waals surface area contributed by atoms with Gasteiger partial charge in [0, 0.05) is 70.0 Å². The topological polar surface area (TPSA) is 69.9 Å². The highest BCUT2D eigenvalue weighted by Gasteiger charge is 2.25. The van der Waals surface area contributed by atoms with E-state index in [1.807, 2.05) is 65.9 Å². The van der Waals surface area contributed by atoms with E-state index in [2.05, 4.69) is 144 Å². The largest absolute Gasteiger partial charge is 0.456 e. The summed E-state index contributed by atoms with van der Waals surface area (Å²) in [6, 6.07) is 67.7. The van der Waals surface area contributed by atoms with Crippen LogP contribution in [0.5, 0.6) is 0 Å². The van der Waals surface area contributed by atoms with Crippen LogP contribution in [-0.2, 0) is 0 Å². The molecule has 6 nitrogen and oxygen atoms in total. The van der Waals surface area contributed by atoms with Crippen LogP contribution < -0.4 is 0 Å². The maximum absolute atomic E-state index is 6.77. The summed E-state index contributed by atoms with van der Waals surface area (Å²) in [5.74, 6) is 1.84. The number of hydrogen-bond acceptors (Lipinski definition) is 6. The second-order valence-corrected chi connectivity index (χ2v) is 17.3. The molecule has 0 bridgehead atoms. The molecule has 64 heavy (non-hydrogen) atoms. The number of fused-ring (bicyclic) bond motifs is 13. The number of hydrogen-bond donors (Lipinski definition) is 0. The Kier molecular flexibility index (Phi) is 7.46. The van der Waals surface area contributed by atoms with Gasteiger partial charge in [0.05, 0.1) is 21.4 Å². The van der Waals surface area contributed by atoms with Crippen molar-refractivity contribution in [1.29, 1.82) is 0 Å². The SMILES string of the molecule is c1ccc(-c2nc(-c3ccccc3)nc(-c3ccc4c(sc5c(-n6c7ccccc7c7ccc8c9ccccc9oc8c76)cccc54)c3-c3ccc4oc5ccccc5c4c3)n2)cc1. The smallest absolute Gasteiger partial charge is 0.164 e. The summed E-state index contributed by atoms with van der Waals surface area (Å²) >= 11 is 1.81. The van der Waals surface area contributed by atoms with Crippen molar-refractivity contribution in [2.45, 2.75) is 0 Å². The van der Waals surface area contributed by atoms with Crippen molar-refractivity contribution in [2.24, 2.45) is 0 Å². The fourth-order valence-corrected chi connectivity index (χ4v) is 11.2. The predicted molar refractivity (Wildman–Crippen MR) is 263 cm³/mol. The van der Waals surface area contributed by atoms with E-state index in [1.165, 1.54) is 15.5 Å². The molecule has 298 valence electrons. The number of para-hydroxylation sites is 3. The molecule has 9 aromatic carbocycles. The number of benzene rings is 9. The molecule has 7 heteroatoms. The maximum Gasteiger partial charge on any atom is 0.164 e. The van der Waals surface area contributed by atoms with Gasteiger partial charge in [0.1, 0.15) is 16.7 Å². The molecule has 0 aliphatic rings. The molecule has 0 N–H and O–H groups in total. The molecule has 0 fully saturated rings. The summed E-state index contributed by atoms with van der Waals surface area (Å²) in [6.45, 7) is 0. The highest BCUT2D eigenvalue weighted by Crippen LogP contribution is 2.49. The molecule has 0 saturated carbocycles. The van der Waals surface area contributed by atoms with Crippen LogP contribution in [0.1, 0.15) is 0 Å². The standard InChI is InChI=1S/C57H32N4O2S/c1-3-14-33(15-4-1)55-58-56(34-16-5-2-6-17-34)60-57(59-55)43-30-29-42-41-21-13-23-46(53(41)64-54(42)50(43)35-26-31-49-44(32-35)38-20-9-11-24-47(38)62-49)61-45-22-10-7-18-36(45)39-27-28-40-37-19-8-12-25-48(37)63-52(40)51(39)61/h1-32H. The normalized spacial score (nSPS) is 12.1. The third-order valence-electron chi connectivity index (χ3n) is 12.7. The first kappa shape index (κ1) is 35.2. The van der Waals surface area contributed by atoms with Gasteiger partial charge < -0.3 is 13.4 Å². The summed E-state index contributed by atoms with van der Waals surface area (Å²) in [7, 11) is 0. The van der Waals surface area contributed by atoms with Crippen LogP contribution in [0.25, 0.3) is 137 Å². The summed E-state index contributed by atoms with van der Waals surface area (Å²) < 4.78 is 17.9. The monoisotopic (exact) mass is 836 g/mol. The first-order valence-corrected chi connectivity index (χ1v) is 22.2. The van der Waals surface area contributed by atoms with Gasteiger partial charge in [0.2, 0.25) is 0 Å². The Morgan fingerprint density at radius 2 is 0.953 bits per heavy atom. The lowest BCUT2D eigenvalue weighted by molar-refractivity contribution is 0.669. The van der Waals surface area contributed by atoms with Gasteiger partial charge in [-0.2, -0.15) is 0 Å². The summed E-state index contributed by atoms with van der Waals surface area (Å²) in [6.07, 6.45) is 0. The fraction of sp³-hybridized carbons (Fsp3) is 0. The van der Waals surface area contributed by atoms with Crippen molar-refractivity contribution < 1.29 is 8.83 Å². The lowest BCUT2D eigenvalue weighted by Crippen LogP contribution is -2.01. The van der Waals surface area contributed by atoms with E-state index in [4.69, 9.17) is 23.8 Å². The Hall–Kier alpha value is -8.39. The minimum atomic E-state index is 0.606. The van der Waals surface area contributed by atoms with Gasteiger partial charge in [-0.1, -0.05) is 146 Å². The van der Waals surface area contributed by atoms with Crippen LogP contribution in [0.4, 0.5) is 0 Å². The van der Waals surface area contributed by atoms with Crippen LogP contribution in [0, 0.1) is 0 Å². The van der Waals surface area contributed by atoms with Gasteiger partial charge in [0.15, 0.2) is 23.1 Å². The van der Waals surface area contributed by atoms with Crippen molar-refractivity contribution in [2.75, 3.05) is 0 Å². The van der Waals surface area contributed by atoms with Gasteiger partial charge in [-0.25, -0.2) is 15.0 Å². The minimum absolute atomic E-state index is 0.606. The van der Waals surface area contributed by atoms with Gasteiger partial charge in [-0.05, 0) is 54.1 Å². The zero-order valence-electron chi connectivity index (χ0n) is 34.0. The summed E-state index contributed by atoms with van der Waals surface area (Å²) in [5, 5.41) is 9.02. The lowest BCUT2D eigenvalue weighted by Gasteiger charge is -2.13. The second-order valence-electron chi connectivity index (χ2n) is 16.3. The molecule has 0 saturated heterocycles. The van der Waals surface area contributed by atoms with Gasteiger partial charge in [-0.15, -0.1) is 11.3 Å². The van der Waals surface area contributed by atoms with E-state index in [0.29, 0.717) is 17.5 Å². The molecule has 0 radical (unpaired) electrons. The molecule has 0 spiro atoms. The number of aromatic nitrogens is 4. The fourth-order valence-electron chi connectivity index (χ4n) is 9.79. The average Bonchev–Trinajstić information content (AvgIpc) is 4.13. The van der Waals surface area contributed by atoms with Gasteiger partial charge in [0.25, 0.3) is 0 Å². The molecule has 0 atom stereocenters. The summed E-state index contributed by atoms with van der Waals surface area (Å²) in [4.78, 5) is 15.6. The van der Waals surface area contributed by atoms with Crippen LogP contribution in [0.2, 0.25) is 0 Å². The molecular weight excluding hydrogens is 805 g/mol. The second kappa shape index (κ2) is 13.6. The zero-order valence-corrected chi connectivity index (χ0v) is 34.8. The molecule has 5 heterocycles. The Balaban J connectivity index is 1.09. The van der Waals surface area contributed by atoms with E-state index in [1.54, 1.807) is 0 Å². The predicted octanol–water partition coefficient (Wildman–Crippen LogP) is 15.8. The zero-order chi connectivity index (χ0) is 41.9. The molecule has 0 aliphatic carbocycles. The molecule has 5 aromatic heterocycles. The Bertz CT molecular complexity index is 4140. The molecule has 14 aromatic rings. The van der Waals surface area contributed by atoms with Crippen LogP contribution >= 0.6 is 11.3 Å². The van der Waals surface area contributed by atoms with Crippen molar-refractivity contribution in [3.05, 3.63) is 194 Å².